The van der Waals surface area contributed by atoms with Crippen molar-refractivity contribution in [1.29, 1.82) is 0 Å². The largest absolute Gasteiger partial charge is 0.462 e. The van der Waals surface area contributed by atoms with Gasteiger partial charge in [-0.15, -0.1) is 10.2 Å². The predicted octanol–water partition coefficient (Wildman–Crippen LogP) is 1.48. The third kappa shape index (κ3) is 3.09. The molecule has 100 valence electrons. The lowest BCUT2D eigenvalue weighted by atomic mass is 10.1. The standard InChI is InChI=1S/C13H16N4O2/c1-2-6-19-13(18)12-10(4-3-5-11(12)14)7-17-8-15-16-9-17/h3-5,8-9H,2,6-7,14H2,1H3. The maximum absolute atomic E-state index is 12.0. The van der Waals surface area contributed by atoms with E-state index in [2.05, 4.69) is 10.2 Å². The van der Waals surface area contributed by atoms with Gasteiger partial charge in [0, 0.05) is 5.69 Å². The van der Waals surface area contributed by atoms with Gasteiger partial charge in [0.05, 0.1) is 18.7 Å². The molecule has 0 bridgehead atoms. The Morgan fingerprint density at radius 2 is 2.11 bits per heavy atom. The van der Waals surface area contributed by atoms with E-state index >= 15 is 0 Å². The van der Waals surface area contributed by atoms with Crippen molar-refractivity contribution in [1.82, 2.24) is 14.8 Å². The van der Waals surface area contributed by atoms with Crippen molar-refractivity contribution in [3.63, 3.8) is 0 Å². The van der Waals surface area contributed by atoms with E-state index in [0.717, 1.165) is 12.0 Å². The maximum Gasteiger partial charge on any atom is 0.340 e. The van der Waals surface area contributed by atoms with Crippen LogP contribution >= 0.6 is 0 Å². The van der Waals surface area contributed by atoms with Crippen molar-refractivity contribution < 1.29 is 9.53 Å². The van der Waals surface area contributed by atoms with Gasteiger partial charge in [-0.1, -0.05) is 19.1 Å². The molecule has 1 aromatic carbocycles. The number of rotatable bonds is 5. The highest BCUT2D eigenvalue weighted by Gasteiger charge is 2.16. The van der Waals surface area contributed by atoms with Crippen molar-refractivity contribution in [2.24, 2.45) is 0 Å². The van der Waals surface area contributed by atoms with E-state index in [1.54, 1.807) is 23.3 Å². The molecule has 1 heterocycles. The zero-order chi connectivity index (χ0) is 13.7. The Morgan fingerprint density at radius 3 is 2.79 bits per heavy atom. The average molecular weight is 260 g/mol. The van der Waals surface area contributed by atoms with Crippen molar-refractivity contribution in [3.8, 4) is 0 Å². The summed E-state index contributed by atoms with van der Waals surface area (Å²) in [4.78, 5) is 12.0. The van der Waals surface area contributed by atoms with Crippen LogP contribution < -0.4 is 5.73 Å². The average Bonchev–Trinajstić information content (AvgIpc) is 2.89. The number of nitrogens with two attached hydrogens (primary N) is 1. The maximum atomic E-state index is 12.0. The minimum absolute atomic E-state index is 0.386. The number of nitrogen functional groups attached to an aromatic ring is 1. The number of aromatic nitrogens is 3. The highest BCUT2D eigenvalue weighted by atomic mass is 16.5. The third-order valence-electron chi connectivity index (χ3n) is 2.64. The Bertz CT molecular complexity index is 552. The Balaban J connectivity index is 2.27. The Hall–Kier alpha value is -2.37. The van der Waals surface area contributed by atoms with Gasteiger partial charge in [-0.05, 0) is 18.1 Å². The molecular formula is C13H16N4O2. The number of hydrogen-bond donors (Lipinski definition) is 1. The minimum Gasteiger partial charge on any atom is -0.462 e. The molecule has 19 heavy (non-hydrogen) atoms. The zero-order valence-electron chi connectivity index (χ0n) is 10.7. The first-order valence-corrected chi connectivity index (χ1v) is 6.09. The second-order valence-corrected chi connectivity index (χ2v) is 4.15. The molecule has 2 aromatic rings. The van der Waals surface area contributed by atoms with E-state index in [9.17, 15) is 4.79 Å². The zero-order valence-corrected chi connectivity index (χ0v) is 10.7. The van der Waals surface area contributed by atoms with Gasteiger partial charge in [0.25, 0.3) is 0 Å². The molecule has 0 aliphatic rings. The number of carbonyl (C=O) groups excluding carboxylic acids is 1. The number of benzene rings is 1. The van der Waals surface area contributed by atoms with E-state index in [1.807, 2.05) is 19.1 Å². The van der Waals surface area contributed by atoms with Gasteiger partial charge in [0.2, 0.25) is 0 Å². The van der Waals surface area contributed by atoms with Crippen molar-refractivity contribution in [2.75, 3.05) is 12.3 Å². The number of ether oxygens (including phenoxy) is 1. The number of carbonyl (C=O) groups is 1. The SMILES string of the molecule is CCCOC(=O)c1c(N)cccc1Cn1cnnc1. The van der Waals surface area contributed by atoms with Gasteiger partial charge in [-0.25, -0.2) is 4.79 Å². The number of hydrogen-bond acceptors (Lipinski definition) is 5. The van der Waals surface area contributed by atoms with Crippen LogP contribution in [-0.2, 0) is 11.3 Å². The summed E-state index contributed by atoms with van der Waals surface area (Å²) in [5, 5.41) is 7.46. The molecule has 0 radical (unpaired) electrons. The second kappa shape index (κ2) is 5.99. The van der Waals surface area contributed by atoms with Gasteiger partial charge < -0.3 is 15.0 Å². The smallest absolute Gasteiger partial charge is 0.340 e. The number of anilines is 1. The summed E-state index contributed by atoms with van der Waals surface area (Å²) < 4.78 is 6.93. The van der Waals surface area contributed by atoms with Gasteiger partial charge in [-0.2, -0.15) is 0 Å². The summed E-state index contributed by atoms with van der Waals surface area (Å²) in [6, 6.07) is 5.35. The summed E-state index contributed by atoms with van der Waals surface area (Å²) in [7, 11) is 0. The lowest BCUT2D eigenvalue weighted by Crippen LogP contribution is -2.13. The summed E-state index contributed by atoms with van der Waals surface area (Å²) in [6.07, 6.45) is 3.95. The molecule has 6 heteroatoms. The monoisotopic (exact) mass is 260 g/mol. The quantitative estimate of drug-likeness (QED) is 0.650. The first kappa shape index (κ1) is 13.1. The normalized spacial score (nSPS) is 10.4. The van der Waals surface area contributed by atoms with Crippen LogP contribution in [0.4, 0.5) is 5.69 Å². The molecule has 1 aromatic heterocycles. The van der Waals surface area contributed by atoms with Gasteiger partial charge in [0.1, 0.15) is 12.7 Å². The van der Waals surface area contributed by atoms with Crippen molar-refractivity contribution in [2.45, 2.75) is 19.9 Å². The molecule has 6 nitrogen and oxygen atoms in total. The molecule has 0 saturated heterocycles. The van der Waals surface area contributed by atoms with Crippen LogP contribution in [0.1, 0.15) is 29.3 Å². The fourth-order valence-electron chi connectivity index (χ4n) is 1.77. The molecule has 0 aliphatic heterocycles. The molecule has 2 N–H and O–H groups in total. The molecular weight excluding hydrogens is 244 g/mol. The summed E-state index contributed by atoms with van der Waals surface area (Å²) >= 11 is 0. The molecule has 0 saturated carbocycles. The Morgan fingerprint density at radius 1 is 1.37 bits per heavy atom. The molecule has 0 fully saturated rings. The van der Waals surface area contributed by atoms with Crippen LogP contribution in [0.2, 0.25) is 0 Å². The Kier molecular flexibility index (Phi) is 4.12. The molecule has 0 spiro atoms. The molecule has 0 unspecified atom stereocenters. The van der Waals surface area contributed by atoms with E-state index in [4.69, 9.17) is 10.5 Å². The highest BCUT2D eigenvalue weighted by molar-refractivity contribution is 5.96. The fourth-order valence-corrected chi connectivity index (χ4v) is 1.77. The summed E-state index contributed by atoms with van der Waals surface area (Å²) in [5.41, 5.74) is 7.52. The van der Waals surface area contributed by atoms with Crippen LogP contribution in [0, 0.1) is 0 Å². The van der Waals surface area contributed by atoms with Crippen molar-refractivity contribution in [3.05, 3.63) is 42.0 Å². The number of esters is 1. The Labute approximate surface area is 111 Å². The van der Waals surface area contributed by atoms with Crippen LogP contribution in [0.25, 0.3) is 0 Å². The molecule has 2 rings (SSSR count). The predicted molar refractivity (Wildman–Crippen MR) is 70.6 cm³/mol. The summed E-state index contributed by atoms with van der Waals surface area (Å²) in [6.45, 7) is 2.81. The number of nitrogens with zero attached hydrogens (tertiary/aromatic N) is 3. The topological polar surface area (TPSA) is 83.0 Å². The molecule has 0 atom stereocenters. The van der Waals surface area contributed by atoms with Gasteiger partial charge in [0.15, 0.2) is 0 Å². The van der Waals surface area contributed by atoms with Crippen LogP contribution in [0.15, 0.2) is 30.9 Å². The first-order chi connectivity index (χ1) is 9.22. The van der Waals surface area contributed by atoms with E-state index in [1.165, 1.54) is 0 Å². The van der Waals surface area contributed by atoms with E-state index in [-0.39, 0.29) is 5.97 Å². The molecule has 0 amide bonds. The highest BCUT2D eigenvalue weighted by Crippen LogP contribution is 2.19. The minimum atomic E-state index is -0.386. The van der Waals surface area contributed by atoms with Crippen molar-refractivity contribution >= 4 is 11.7 Å². The van der Waals surface area contributed by atoms with E-state index in [0.29, 0.717) is 24.4 Å². The lowest BCUT2D eigenvalue weighted by molar-refractivity contribution is 0.0505. The molecule has 0 aliphatic carbocycles. The van der Waals surface area contributed by atoms with Gasteiger partial charge in [-0.3, -0.25) is 0 Å². The fraction of sp³-hybridized carbons (Fsp3) is 0.308. The lowest BCUT2D eigenvalue weighted by Gasteiger charge is -2.11. The van der Waals surface area contributed by atoms with Gasteiger partial charge >= 0.3 is 5.97 Å². The van der Waals surface area contributed by atoms with Crippen LogP contribution in [0.5, 0.6) is 0 Å². The first-order valence-electron chi connectivity index (χ1n) is 6.09. The third-order valence-corrected chi connectivity index (χ3v) is 2.64. The summed E-state index contributed by atoms with van der Waals surface area (Å²) in [5.74, 6) is -0.386. The van der Waals surface area contributed by atoms with Crippen LogP contribution in [-0.4, -0.2) is 27.3 Å². The van der Waals surface area contributed by atoms with E-state index < -0.39 is 0 Å². The van der Waals surface area contributed by atoms with Crippen LogP contribution in [0.3, 0.4) is 0 Å². The second-order valence-electron chi connectivity index (χ2n) is 4.15.